The molecule has 0 radical (unpaired) electrons. The van der Waals surface area contributed by atoms with Crippen LogP contribution < -0.4 is 0 Å². The first-order chi connectivity index (χ1) is 10.9. The average Bonchev–Trinajstić information content (AvgIpc) is 2.52. The molecule has 0 bridgehead atoms. The number of hydrogen-bond donors (Lipinski definition) is 0. The quantitative estimate of drug-likeness (QED) is 0.848. The van der Waals surface area contributed by atoms with Gasteiger partial charge in [0.25, 0.3) is 5.91 Å². The van der Waals surface area contributed by atoms with Crippen molar-refractivity contribution in [1.82, 2.24) is 9.80 Å². The second-order valence-corrected chi connectivity index (χ2v) is 6.25. The highest BCUT2D eigenvalue weighted by atomic mass is 35.5. The summed E-state index contributed by atoms with van der Waals surface area (Å²) in [4.78, 5) is 27.3. The second kappa shape index (κ2) is 7.64. The molecule has 1 aliphatic rings. The summed E-state index contributed by atoms with van der Waals surface area (Å²) >= 11 is 5.92. The lowest BCUT2D eigenvalue weighted by atomic mass is 10.1. The fraction of sp³-hybridized carbons (Fsp3) is 0.500. The molecule has 5 nitrogen and oxygen atoms in total. The van der Waals surface area contributed by atoms with Gasteiger partial charge >= 0.3 is 6.09 Å². The van der Waals surface area contributed by atoms with Gasteiger partial charge in [-0.15, -0.1) is 0 Å². The summed E-state index contributed by atoms with van der Waals surface area (Å²) in [5, 5.41) is 0.0915. The third-order valence-electron chi connectivity index (χ3n) is 3.54. The van der Waals surface area contributed by atoms with E-state index in [1.807, 2.05) is 13.8 Å². The number of piperazine rings is 1. The fourth-order valence-electron chi connectivity index (χ4n) is 2.28. The van der Waals surface area contributed by atoms with Crippen LogP contribution in [0.5, 0.6) is 0 Å². The van der Waals surface area contributed by atoms with Gasteiger partial charge in [0.05, 0.1) is 17.2 Å². The maximum atomic E-state index is 13.8. The smallest absolute Gasteiger partial charge is 0.409 e. The summed E-state index contributed by atoms with van der Waals surface area (Å²) in [7, 11) is 0. The zero-order valence-electron chi connectivity index (χ0n) is 13.2. The number of rotatable bonds is 3. The third-order valence-corrected chi connectivity index (χ3v) is 3.86. The van der Waals surface area contributed by atoms with Crippen molar-refractivity contribution in [3.05, 3.63) is 34.6 Å². The van der Waals surface area contributed by atoms with E-state index in [0.29, 0.717) is 32.8 Å². The van der Waals surface area contributed by atoms with Gasteiger partial charge in [-0.05, 0) is 18.1 Å². The van der Waals surface area contributed by atoms with Gasteiger partial charge in [-0.25, -0.2) is 9.18 Å². The molecule has 2 amide bonds. The normalized spacial score (nSPS) is 15.0. The van der Waals surface area contributed by atoms with E-state index in [-0.39, 0.29) is 22.6 Å². The van der Waals surface area contributed by atoms with Crippen LogP contribution in [0.4, 0.5) is 9.18 Å². The van der Waals surface area contributed by atoms with Gasteiger partial charge in [-0.2, -0.15) is 0 Å². The Bertz CT molecular complexity index is 566. The Balaban J connectivity index is 1.94. The first-order valence-corrected chi connectivity index (χ1v) is 7.93. The van der Waals surface area contributed by atoms with Gasteiger partial charge in [0.15, 0.2) is 0 Å². The number of nitrogens with zero attached hydrogens (tertiary/aromatic N) is 2. The SMILES string of the molecule is CC(C)COC(=O)N1CCN(C(=O)c2c(F)cccc2Cl)CC1. The van der Waals surface area contributed by atoms with Gasteiger partial charge in [0.1, 0.15) is 5.82 Å². The molecule has 23 heavy (non-hydrogen) atoms. The molecule has 1 aromatic rings. The van der Waals surface area contributed by atoms with Crippen LogP contribution in [0, 0.1) is 11.7 Å². The summed E-state index contributed by atoms with van der Waals surface area (Å²) in [6.45, 7) is 5.64. The monoisotopic (exact) mass is 342 g/mol. The minimum Gasteiger partial charge on any atom is -0.449 e. The van der Waals surface area contributed by atoms with E-state index < -0.39 is 11.7 Å². The van der Waals surface area contributed by atoms with E-state index >= 15 is 0 Å². The molecule has 126 valence electrons. The maximum Gasteiger partial charge on any atom is 0.409 e. The van der Waals surface area contributed by atoms with Crippen LogP contribution in [0.3, 0.4) is 0 Å². The number of hydrogen-bond acceptors (Lipinski definition) is 3. The predicted octanol–water partition coefficient (Wildman–Crippen LogP) is 3.03. The number of carbonyl (C=O) groups is 2. The summed E-state index contributed by atoms with van der Waals surface area (Å²) in [6, 6.07) is 4.15. The van der Waals surface area contributed by atoms with Crippen molar-refractivity contribution in [1.29, 1.82) is 0 Å². The van der Waals surface area contributed by atoms with Crippen molar-refractivity contribution in [3.63, 3.8) is 0 Å². The number of ether oxygens (including phenoxy) is 1. The lowest BCUT2D eigenvalue weighted by molar-refractivity contribution is 0.0532. The van der Waals surface area contributed by atoms with E-state index in [2.05, 4.69) is 0 Å². The minimum atomic E-state index is -0.638. The largest absolute Gasteiger partial charge is 0.449 e. The summed E-state index contributed by atoms with van der Waals surface area (Å²) in [5.74, 6) is -0.824. The Kier molecular flexibility index (Phi) is 5.82. The van der Waals surface area contributed by atoms with Crippen molar-refractivity contribution in [3.8, 4) is 0 Å². The summed E-state index contributed by atoms with van der Waals surface area (Å²) in [6.07, 6.45) is -0.380. The predicted molar refractivity (Wildman–Crippen MR) is 85.1 cm³/mol. The highest BCUT2D eigenvalue weighted by Crippen LogP contribution is 2.21. The molecule has 0 aromatic heterocycles. The number of benzene rings is 1. The van der Waals surface area contributed by atoms with E-state index in [0.717, 1.165) is 0 Å². The molecule has 7 heteroatoms. The number of halogens is 2. The molecule has 0 unspecified atom stereocenters. The van der Waals surface area contributed by atoms with Crippen molar-refractivity contribution in [2.45, 2.75) is 13.8 Å². The molecule has 0 aliphatic carbocycles. The van der Waals surface area contributed by atoms with Crippen LogP contribution in [0.25, 0.3) is 0 Å². The van der Waals surface area contributed by atoms with Crippen LogP contribution in [-0.2, 0) is 4.74 Å². The number of carbonyl (C=O) groups excluding carboxylic acids is 2. The molecule has 0 atom stereocenters. The molecular formula is C16H20ClFN2O3. The van der Waals surface area contributed by atoms with Gasteiger partial charge in [0, 0.05) is 26.2 Å². The molecule has 1 saturated heterocycles. The zero-order chi connectivity index (χ0) is 17.0. The van der Waals surface area contributed by atoms with Crippen molar-refractivity contribution >= 4 is 23.6 Å². The molecule has 1 aromatic carbocycles. The fourth-order valence-corrected chi connectivity index (χ4v) is 2.53. The lowest BCUT2D eigenvalue weighted by Gasteiger charge is -2.34. The Hall–Kier alpha value is -1.82. The van der Waals surface area contributed by atoms with Gasteiger partial charge in [0.2, 0.25) is 0 Å². The second-order valence-electron chi connectivity index (χ2n) is 5.85. The Morgan fingerprint density at radius 3 is 2.39 bits per heavy atom. The van der Waals surface area contributed by atoms with Crippen LogP contribution >= 0.6 is 11.6 Å². The van der Waals surface area contributed by atoms with Crippen LogP contribution in [0.15, 0.2) is 18.2 Å². The van der Waals surface area contributed by atoms with Crippen molar-refractivity contribution in [2.24, 2.45) is 5.92 Å². The van der Waals surface area contributed by atoms with Gasteiger partial charge in [-0.3, -0.25) is 4.79 Å². The third kappa shape index (κ3) is 4.34. The molecule has 2 rings (SSSR count). The summed E-state index contributed by atoms with van der Waals surface area (Å²) < 4.78 is 19.0. The molecule has 1 aliphatic heterocycles. The lowest BCUT2D eigenvalue weighted by Crippen LogP contribution is -2.51. The molecule has 0 saturated carbocycles. The van der Waals surface area contributed by atoms with E-state index in [9.17, 15) is 14.0 Å². The molecule has 1 fully saturated rings. The van der Waals surface area contributed by atoms with E-state index in [1.165, 1.54) is 23.1 Å². The van der Waals surface area contributed by atoms with Gasteiger partial charge in [-0.1, -0.05) is 31.5 Å². The van der Waals surface area contributed by atoms with E-state index in [1.54, 1.807) is 4.90 Å². The number of amides is 2. The minimum absolute atomic E-state index is 0.0915. The first-order valence-electron chi connectivity index (χ1n) is 7.55. The zero-order valence-corrected chi connectivity index (χ0v) is 14.0. The first kappa shape index (κ1) is 17.5. The Labute approximate surface area is 140 Å². The highest BCUT2D eigenvalue weighted by Gasteiger charge is 2.28. The maximum absolute atomic E-state index is 13.8. The molecule has 0 N–H and O–H groups in total. The Morgan fingerprint density at radius 2 is 1.83 bits per heavy atom. The van der Waals surface area contributed by atoms with Crippen LogP contribution in [0.2, 0.25) is 5.02 Å². The van der Waals surface area contributed by atoms with E-state index in [4.69, 9.17) is 16.3 Å². The van der Waals surface area contributed by atoms with Crippen molar-refractivity contribution in [2.75, 3.05) is 32.8 Å². The van der Waals surface area contributed by atoms with Crippen LogP contribution in [0.1, 0.15) is 24.2 Å². The van der Waals surface area contributed by atoms with Crippen molar-refractivity contribution < 1.29 is 18.7 Å². The van der Waals surface area contributed by atoms with Gasteiger partial charge < -0.3 is 14.5 Å². The average molecular weight is 343 g/mol. The topological polar surface area (TPSA) is 49.9 Å². The molecular weight excluding hydrogens is 323 g/mol. The highest BCUT2D eigenvalue weighted by molar-refractivity contribution is 6.33. The molecule has 0 spiro atoms. The molecule has 1 heterocycles. The summed E-state index contributed by atoms with van der Waals surface area (Å²) in [5.41, 5.74) is -0.120. The standard InChI is InChI=1S/C16H20ClFN2O3/c1-11(2)10-23-16(22)20-8-6-19(7-9-20)15(21)14-12(17)4-3-5-13(14)18/h3-5,11H,6-10H2,1-2H3. The Morgan fingerprint density at radius 1 is 1.22 bits per heavy atom. The van der Waals surface area contributed by atoms with Crippen LogP contribution in [-0.4, -0.2) is 54.6 Å².